The van der Waals surface area contributed by atoms with Crippen LogP contribution in [0.2, 0.25) is 0 Å². The van der Waals surface area contributed by atoms with Gasteiger partial charge in [0.1, 0.15) is 35.8 Å². The number of carbonyl (C=O) groups is 3. The molecule has 2 bridgehead atoms. The first-order chi connectivity index (χ1) is 19.8. The van der Waals surface area contributed by atoms with E-state index in [-0.39, 0.29) is 24.0 Å². The Hall–Kier alpha value is -3.19. The molecule has 1 spiro atoms. The number of ether oxygens (including phenoxy) is 4. The van der Waals surface area contributed by atoms with Gasteiger partial charge in [0.05, 0.1) is 53.5 Å². The summed E-state index contributed by atoms with van der Waals surface area (Å²) in [5, 5.41) is 35.5. The molecule has 2 saturated carbocycles. The third-order valence-electron chi connectivity index (χ3n) is 9.63. The molecule has 2 aromatic heterocycles. The monoisotopic (exact) mass is 590 g/mol. The first-order valence-corrected chi connectivity index (χ1v) is 14.1. The maximum atomic E-state index is 13.4. The first-order valence-electron chi connectivity index (χ1n) is 14.1. The van der Waals surface area contributed by atoms with E-state index in [9.17, 15) is 29.7 Å². The largest absolute Gasteiger partial charge is 0.472 e. The van der Waals surface area contributed by atoms with Crippen LogP contribution in [0.3, 0.4) is 0 Å². The molecular weight excluding hydrogens is 552 g/mol. The lowest BCUT2D eigenvalue weighted by Crippen LogP contribution is -2.83. The van der Waals surface area contributed by atoms with Gasteiger partial charge in [0.25, 0.3) is 0 Å². The lowest BCUT2D eigenvalue weighted by molar-refractivity contribution is -0.354. The number of hydrogen-bond acceptors (Lipinski definition) is 12. The summed E-state index contributed by atoms with van der Waals surface area (Å²) in [5.74, 6) is -3.52. The van der Waals surface area contributed by atoms with Crippen molar-refractivity contribution in [3.8, 4) is 0 Å². The fourth-order valence-electron chi connectivity index (χ4n) is 7.30. The standard InChI is InChI=1S/C30H38O12/c1-6-16(2)24(33)41-23-20(39-25(34)17-7-9-37-13-17)12-28(5,36)30-22(32)19(27(3,4)42-30)11-21(29(23,30)15-31)40-26(35)18-8-10-38-14-18/h7-10,13-14,16,19-23,31-32,36H,6,11-12,15H2,1-5H3/t16-,19-,20+,21-,22-,23-,28+,29+,30-/m1/s1. The van der Waals surface area contributed by atoms with E-state index in [0.29, 0.717) is 6.42 Å². The van der Waals surface area contributed by atoms with Crippen molar-refractivity contribution < 1.29 is 57.5 Å². The minimum Gasteiger partial charge on any atom is -0.472 e. The molecule has 3 fully saturated rings. The van der Waals surface area contributed by atoms with Crippen LogP contribution in [-0.4, -0.2) is 81.1 Å². The van der Waals surface area contributed by atoms with Crippen LogP contribution in [0.15, 0.2) is 46.0 Å². The summed E-state index contributed by atoms with van der Waals surface area (Å²) in [6, 6.07) is 2.79. The number of carbonyl (C=O) groups excluding carboxylic acids is 3. The van der Waals surface area contributed by atoms with Gasteiger partial charge in [-0.3, -0.25) is 4.79 Å². The molecule has 42 heavy (non-hydrogen) atoms. The second kappa shape index (κ2) is 10.5. The van der Waals surface area contributed by atoms with E-state index in [0.717, 1.165) is 0 Å². The normalized spacial score (nSPS) is 37.4. The Kier molecular flexibility index (Phi) is 7.58. The molecule has 12 heteroatoms. The van der Waals surface area contributed by atoms with E-state index in [4.69, 9.17) is 27.8 Å². The summed E-state index contributed by atoms with van der Waals surface area (Å²) in [5.41, 5.74) is -6.88. The predicted octanol–water partition coefficient (Wildman–Crippen LogP) is 2.64. The maximum Gasteiger partial charge on any atom is 0.341 e. The summed E-state index contributed by atoms with van der Waals surface area (Å²) in [6.07, 6.45) is -0.466. The fraction of sp³-hybridized carbons (Fsp3) is 0.633. The van der Waals surface area contributed by atoms with Crippen LogP contribution in [0.4, 0.5) is 0 Å². The van der Waals surface area contributed by atoms with Gasteiger partial charge in [-0.25, -0.2) is 9.59 Å². The predicted molar refractivity (Wildman–Crippen MR) is 142 cm³/mol. The molecule has 0 radical (unpaired) electrons. The first kappa shape index (κ1) is 30.3. The van der Waals surface area contributed by atoms with Crippen LogP contribution in [-0.2, 0) is 23.7 Å². The number of aliphatic hydroxyl groups excluding tert-OH is 2. The lowest BCUT2D eigenvalue weighted by atomic mass is 9.46. The zero-order valence-corrected chi connectivity index (χ0v) is 24.3. The molecule has 9 atom stereocenters. The summed E-state index contributed by atoms with van der Waals surface area (Å²) < 4.78 is 34.6. The van der Waals surface area contributed by atoms with E-state index < -0.39 is 83.0 Å². The van der Waals surface area contributed by atoms with E-state index in [1.165, 1.54) is 44.1 Å². The Morgan fingerprint density at radius 1 is 1.02 bits per heavy atom. The van der Waals surface area contributed by atoms with Crippen molar-refractivity contribution in [3.05, 3.63) is 48.3 Å². The fourth-order valence-corrected chi connectivity index (χ4v) is 7.30. The SMILES string of the molecule is CC[C@@H](C)C(=O)O[C@@H]1[C@@H](OC(=O)c2ccoc2)C[C@](C)(O)[C@@]23OC(C)(C)[C@H](C[C@@H](OC(=O)c4ccoc4)[C@@]12CO)[C@H]3O. The molecular formula is C30H38O12. The van der Waals surface area contributed by atoms with Crippen molar-refractivity contribution in [1.29, 1.82) is 0 Å². The van der Waals surface area contributed by atoms with Crippen LogP contribution in [0, 0.1) is 17.3 Å². The van der Waals surface area contributed by atoms with Crippen molar-refractivity contribution in [2.75, 3.05) is 6.61 Å². The van der Waals surface area contributed by atoms with Gasteiger partial charge in [-0.2, -0.15) is 0 Å². The molecule has 3 aliphatic rings. The zero-order valence-electron chi connectivity index (χ0n) is 24.3. The molecule has 5 rings (SSSR count). The number of hydrogen-bond donors (Lipinski definition) is 3. The van der Waals surface area contributed by atoms with Gasteiger partial charge in [0, 0.05) is 12.3 Å². The third kappa shape index (κ3) is 4.30. The van der Waals surface area contributed by atoms with Crippen LogP contribution in [0.1, 0.15) is 74.6 Å². The molecule has 1 saturated heterocycles. The minimum absolute atomic E-state index is 0.0179. The third-order valence-corrected chi connectivity index (χ3v) is 9.63. The summed E-state index contributed by atoms with van der Waals surface area (Å²) in [7, 11) is 0. The van der Waals surface area contributed by atoms with Gasteiger partial charge < -0.3 is 43.1 Å². The molecule has 0 amide bonds. The quantitative estimate of drug-likeness (QED) is 0.303. The molecule has 3 N–H and O–H groups in total. The smallest absolute Gasteiger partial charge is 0.341 e. The molecule has 0 aromatic carbocycles. The second-order valence-corrected chi connectivity index (χ2v) is 12.4. The number of fused-ring (bicyclic) bond motifs is 1. The lowest BCUT2D eigenvalue weighted by Gasteiger charge is -2.65. The number of rotatable bonds is 8. The van der Waals surface area contributed by atoms with Crippen molar-refractivity contribution in [1.82, 2.24) is 0 Å². The zero-order chi connectivity index (χ0) is 30.7. The van der Waals surface area contributed by atoms with Crippen molar-refractivity contribution in [3.63, 3.8) is 0 Å². The van der Waals surface area contributed by atoms with E-state index in [1.54, 1.807) is 27.7 Å². The van der Waals surface area contributed by atoms with Gasteiger partial charge in [0.2, 0.25) is 0 Å². The summed E-state index contributed by atoms with van der Waals surface area (Å²) in [6.45, 7) is 7.46. The molecule has 230 valence electrons. The Morgan fingerprint density at radius 3 is 2.14 bits per heavy atom. The highest BCUT2D eigenvalue weighted by molar-refractivity contribution is 5.89. The van der Waals surface area contributed by atoms with Crippen LogP contribution in [0.5, 0.6) is 0 Å². The highest BCUT2D eigenvalue weighted by Gasteiger charge is 2.84. The van der Waals surface area contributed by atoms with Gasteiger partial charge in [-0.05, 0) is 45.7 Å². The van der Waals surface area contributed by atoms with Gasteiger partial charge >= 0.3 is 17.9 Å². The summed E-state index contributed by atoms with van der Waals surface area (Å²) >= 11 is 0. The van der Waals surface area contributed by atoms with Gasteiger partial charge in [0.15, 0.2) is 6.10 Å². The van der Waals surface area contributed by atoms with Crippen LogP contribution < -0.4 is 0 Å². The molecule has 12 nitrogen and oxygen atoms in total. The highest BCUT2D eigenvalue weighted by Crippen LogP contribution is 2.68. The van der Waals surface area contributed by atoms with Gasteiger partial charge in [-0.15, -0.1) is 0 Å². The van der Waals surface area contributed by atoms with Crippen molar-refractivity contribution in [2.24, 2.45) is 17.3 Å². The number of esters is 3. The maximum absolute atomic E-state index is 13.4. The average Bonchev–Trinajstić information content (AvgIpc) is 3.69. The Morgan fingerprint density at radius 2 is 1.62 bits per heavy atom. The highest BCUT2D eigenvalue weighted by atomic mass is 16.6. The Balaban J connectivity index is 1.70. The van der Waals surface area contributed by atoms with E-state index in [1.807, 2.05) is 0 Å². The summed E-state index contributed by atoms with van der Waals surface area (Å²) in [4.78, 5) is 39.8. The average molecular weight is 591 g/mol. The van der Waals surface area contributed by atoms with Crippen molar-refractivity contribution >= 4 is 17.9 Å². The van der Waals surface area contributed by atoms with Crippen molar-refractivity contribution in [2.45, 2.75) is 95.1 Å². The minimum atomic E-state index is -2.01. The Labute approximate surface area is 242 Å². The second-order valence-electron chi connectivity index (χ2n) is 12.4. The van der Waals surface area contributed by atoms with Gasteiger partial charge in [-0.1, -0.05) is 13.8 Å². The van der Waals surface area contributed by atoms with E-state index >= 15 is 0 Å². The Bertz CT molecular complexity index is 1300. The van der Waals surface area contributed by atoms with Crippen LogP contribution >= 0.6 is 0 Å². The number of aliphatic hydroxyl groups is 3. The topological polar surface area (TPSA) is 175 Å². The molecule has 1 aliphatic heterocycles. The van der Waals surface area contributed by atoms with E-state index in [2.05, 4.69) is 0 Å². The molecule has 0 unspecified atom stereocenters. The van der Waals surface area contributed by atoms with Crippen LogP contribution in [0.25, 0.3) is 0 Å². The molecule has 2 aromatic rings. The molecule has 2 aliphatic carbocycles. The molecule has 3 heterocycles. The number of furan rings is 2.